The lowest BCUT2D eigenvalue weighted by atomic mass is 10.2. The molecule has 19 heavy (non-hydrogen) atoms. The molecule has 100 valence electrons. The van der Waals surface area contributed by atoms with Crippen LogP contribution >= 0.6 is 24.0 Å². The average Bonchev–Trinajstić information content (AvgIpc) is 2.62. The molecule has 1 saturated heterocycles. The van der Waals surface area contributed by atoms with E-state index >= 15 is 0 Å². The summed E-state index contributed by atoms with van der Waals surface area (Å²) < 4.78 is 5.85. The summed E-state index contributed by atoms with van der Waals surface area (Å²) in [4.78, 5) is 13.9. The first-order valence-corrected chi connectivity index (χ1v) is 6.92. The highest BCUT2D eigenvalue weighted by atomic mass is 32.2. The molecule has 1 aliphatic heterocycles. The summed E-state index contributed by atoms with van der Waals surface area (Å²) in [6, 6.07) is 4.96. The standard InChI is InChI=1S/C13H13NO3S2/c1-3-17-10-6-8(4-5-9(10)15)7-11-12(16)14(2)13(18)19-11/h4-7,15H,3H2,1-2H3/b11-7-. The Bertz CT molecular complexity index is 569. The average molecular weight is 295 g/mol. The summed E-state index contributed by atoms with van der Waals surface area (Å²) in [6.45, 7) is 2.31. The van der Waals surface area contributed by atoms with Gasteiger partial charge in [0.2, 0.25) is 0 Å². The number of nitrogens with zero attached hydrogens (tertiary/aromatic N) is 1. The van der Waals surface area contributed by atoms with Gasteiger partial charge in [0, 0.05) is 7.05 Å². The lowest BCUT2D eigenvalue weighted by Gasteiger charge is -2.06. The SMILES string of the molecule is CCOc1cc(/C=C2\SC(=S)N(C)C2=O)ccc1O. The molecule has 0 aromatic heterocycles. The van der Waals surface area contributed by atoms with Crippen LogP contribution in [0.4, 0.5) is 0 Å². The molecule has 1 amide bonds. The second-order valence-corrected chi connectivity index (χ2v) is 5.58. The molecule has 0 saturated carbocycles. The van der Waals surface area contributed by atoms with E-state index in [4.69, 9.17) is 17.0 Å². The summed E-state index contributed by atoms with van der Waals surface area (Å²) in [5.41, 5.74) is 0.787. The van der Waals surface area contributed by atoms with E-state index in [1.54, 1.807) is 31.3 Å². The van der Waals surface area contributed by atoms with Crippen molar-refractivity contribution in [1.82, 2.24) is 4.90 Å². The molecule has 1 heterocycles. The van der Waals surface area contributed by atoms with Crippen molar-refractivity contribution < 1.29 is 14.6 Å². The Labute approximate surface area is 121 Å². The smallest absolute Gasteiger partial charge is 0.265 e. The molecule has 6 heteroatoms. The van der Waals surface area contributed by atoms with Crippen molar-refractivity contribution >= 4 is 40.3 Å². The number of aromatic hydroxyl groups is 1. The summed E-state index contributed by atoms with van der Waals surface area (Å²) >= 11 is 6.33. The highest BCUT2D eigenvalue weighted by Gasteiger charge is 2.28. The van der Waals surface area contributed by atoms with Crippen molar-refractivity contribution in [2.75, 3.05) is 13.7 Å². The Morgan fingerprint density at radius 1 is 1.53 bits per heavy atom. The normalized spacial score (nSPS) is 17.4. The van der Waals surface area contributed by atoms with Gasteiger partial charge in [0.25, 0.3) is 5.91 Å². The quantitative estimate of drug-likeness (QED) is 0.686. The van der Waals surface area contributed by atoms with Gasteiger partial charge in [-0.25, -0.2) is 0 Å². The van der Waals surface area contributed by atoms with E-state index in [9.17, 15) is 9.90 Å². The highest BCUT2D eigenvalue weighted by molar-refractivity contribution is 8.26. The van der Waals surface area contributed by atoms with Crippen molar-refractivity contribution in [3.05, 3.63) is 28.7 Å². The number of phenolic OH excluding ortho intramolecular Hbond substituents is 1. The zero-order valence-electron chi connectivity index (χ0n) is 10.5. The van der Waals surface area contributed by atoms with E-state index in [0.29, 0.717) is 21.6 Å². The number of phenols is 1. The topological polar surface area (TPSA) is 49.8 Å². The van der Waals surface area contributed by atoms with Gasteiger partial charge < -0.3 is 9.84 Å². The molecule has 0 unspecified atom stereocenters. The van der Waals surface area contributed by atoms with Crippen LogP contribution < -0.4 is 4.74 Å². The first kappa shape index (κ1) is 13.9. The number of hydrogen-bond acceptors (Lipinski definition) is 5. The number of amides is 1. The molecule has 1 N–H and O–H groups in total. The minimum Gasteiger partial charge on any atom is -0.504 e. The molecule has 1 aromatic carbocycles. The second-order valence-electron chi connectivity index (χ2n) is 3.90. The van der Waals surface area contributed by atoms with Gasteiger partial charge in [0.1, 0.15) is 4.32 Å². The number of thiocarbonyl (C=S) groups is 1. The van der Waals surface area contributed by atoms with Gasteiger partial charge in [-0.15, -0.1) is 0 Å². The number of likely N-dealkylation sites (N-methyl/N-ethyl adjacent to an activating group) is 1. The van der Waals surface area contributed by atoms with E-state index in [2.05, 4.69) is 0 Å². The Morgan fingerprint density at radius 3 is 2.84 bits per heavy atom. The van der Waals surface area contributed by atoms with E-state index in [1.807, 2.05) is 6.92 Å². The van der Waals surface area contributed by atoms with Crippen LogP contribution in [0.3, 0.4) is 0 Å². The van der Waals surface area contributed by atoms with Crippen molar-refractivity contribution in [1.29, 1.82) is 0 Å². The van der Waals surface area contributed by atoms with Crippen LogP contribution in [-0.2, 0) is 4.79 Å². The van der Waals surface area contributed by atoms with Gasteiger partial charge in [0.15, 0.2) is 11.5 Å². The summed E-state index contributed by atoms with van der Waals surface area (Å²) in [6.07, 6.45) is 1.74. The Morgan fingerprint density at radius 2 is 2.26 bits per heavy atom. The third kappa shape index (κ3) is 2.90. The number of ether oxygens (including phenoxy) is 1. The van der Waals surface area contributed by atoms with Gasteiger partial charge in [-0.1, -0.05) is 30.0 Å². The van der Waals surface area contributed by atoms with Crippen LogP contribution in [0.25, 0.3) is 6.08 Å². The molecule has 0 spiro atoms. The Hall–Kier alpha value is -1.53. The van der Waals surface area contributed by atoms with E-state index < -0.39 is 0 Å². The fourth-order valence-corrected chi connectivity index (χ4v) is 2.77. The first-order chi connectivity index (χ1) is 9.02. The van der Waals surface area contributed by atoms with Crippen LogP contribution in [0.5, 0.6) is 11.5 Å². The van der Waals surface area contributed by atoms with Crippen molar-refractivity contribution in [2.24, 2.45) is 0 Å². The molecule has 1 aromatic rings. The van der Waals surface area contributed by atoms with Crippen LogP contribution in [0.15, 0.2) is 23.1 Å². The second kappa shape index (κ2) is 5.63. The summed E-state index contributed by atoms with van der Waals surface area (Å²) in [5.74, 6) is 0.381. The maximum atomic E-state index is 11.9. The number of rotatable bonds is 3. The number of thioether (sulfide) groups is 1. The maximum Gasteiger partial charge on any atom is 0.265 e. The van der Waals surface area contributed by atoms with Crippen molar-refractivity contribution in [3.63, 3.8) is 0 Å². The van der Waals surface area contributed by atoms with Crippen LogP contribution in [0, 0.1) is 0 Å². The lowest BCUT2D eigenvalue weighted by Crippen LogP contribution is -2.22. The fourth-order valence-electron chi connectivity index (χ4n) is 1.59. The number of carbonyl (C=O) groups is 1. The van der Waals surface area contributed by atoms with Crippen LogP contribution in [0.2, 0.25) is 0 Å². The molecule has 0 aliphatic carbocycles. The van der Waals surface area contributed by atoms with Gasteiger partial charge in [-0.05, 0) is 30.7 Å². The monoisotopic (exact) mass is 295 g/mol. The molecule has 1 fully saturated rings. The highest BCUT2D eigenvalue weighted by Crippen LogP contribution is 2.33. The zero-order chi connectivity index (χ0) is 14.0. The molecular weight excluding hydrogens is 282 g/mol. The summed E-state index contributed by atoms with van der Waals surface area (Å²) in [7, 11) is 1.65. The molecule has 1 aliphatic rings. The van der Waals surface area contributed by atoms with E-state index in [0.717, 1.165) is 5.56 Å². The molecule has 0 bridgehead atoms. The maximum absolute atomic E-state index is 11.9. The molecule has 4 nitrogen and oxygen atoms in total. The van der Waals surface area contributed by atoms with Crippen molar-refractivity contribution in [2.45, 2.75) is 6.92 Å². The number of benzene rings is 1. The minimum absolute atomic E-state index is 0.0852. The van der Waals surface area contributed by atoms with Gasteiger partial charge in [0.05, 0.1) is 11.5 Å². The number of carbonyl (C=O) groups excluding carboxylic acids is 1. The Balaban J connectivity index is 2.31. The van der Waals surface area contributed by atoms with Crippen molar-refractivity contribution in [3.8, 4) is 11.5 Å². The third-order valence-electron chi connectivity index (χ3n) is 2.57. The summed E-state index contributed by atoms with van der Waals surface area (Å²) in [5, 5.41) is 9.62. The first-order valence-electron chi connectivity index (χ1n) is 5.70. The van der Waals surface area contributed by atoms with Gasteiger partial charge >= 0.3 is 0 Å². The molecule has 2 rings (SSSR count). The number of hydrogen-bond donors (Lipinski definition) is 1. The molecule has 0 radical (unpaired) electrons. The van der Waals surface area contributed by atoms with Crippen LogP contribution in [-0.4, -0.2) is 33.9 Å². The largest absolute Gasteiger partial charge is 0.504 e. The fraction of sp³-hybridized carbons (Fsp3) is 0.231. The molecular formula is C13H13NO3S2. The Kier molecular flexibility index (Phi) is 4.11. The molecule has 0 atom stereocenters. The lowest BCUT2D eigenvalue weighted by molar-refractivity contribution is -0.121. The van der Waals surface area contributed by atoms with Gasteiger partial charge in [-0.2, -0.15) is 0 Å². The van der Waals surface area contributed by atoms with E-state index in [1.165, 1.54) is 16.7 Å². The van der Waals surface area contributed by atoms with Crippen LogP contribution in [0.1, 0.15) is 12.5 Å². The zero-order valence-corrected chi connectivity index (χ0v) is 12.2. The minimum atomic E-state index is -0.110. The van der Waals surface area contributed by atoms with E-state index in [-0.39, 0.29) is 11.7 Å². The predicted octanol–water partition coefficient (Wildman–Crippen LogP) is 2.62. The van der Waals surface area contributed by atoms with Gasteiger partial charge in [-0.3, -0.25) is 9.69 Å². The third-order valence-corrected chi connectivity index (χ3v) is 4.05. The predicted molar refractivity (Wildman–Crippen MR) is 80.2 cm³/mol.